The van der Waals surface area contributed by atoms with E-state index in [1.54, 1.807) is 32.0 Å². The summed E-state index contributed by atoms with van der Waals surface area (Å²) in [7, 11) is 1.26. The molecule has 0 saturated carbocycles. The number of methoxy groups -OCH3 is 1. The molecule has 1 saturated heterocycles. The first-order valence-electron chi connectivity index (χ1n) is 11.2. The zero-order valence-electron chi connectivity index (χ0n) is 20.3. The van der Waals surface area contributed by atoms with Crippen molar-refractivity contribution in [1.29, 1.82) is 0 Å². The molecule has 1 N–H and O–H groups in total. The van der Waals surface area contributed by atoms with Crippen molar-refractivity contribution in [3.05, 3.63) is 85.7 Å². The van der Waals surface area contributed by atoms with Crippen LogP contribution in [-0.4, -0.2) is 44.2 Å². The Balaban J connectivity index is 1.76. The van der Waals surface area contributed by atoms with Crippen LogP contribution < -0.4 is 4.90 Å². The summed E-state index contributed by atoms with van der Waals surface area (Å²) in [4.78, 5) is 49.6. The first-order valence-corrected chi connectivity index (χ1v) is 12.8. The average molecular weight is 581 g/mol. The lowest BCUT2D eigenvalue weighted by atomic mass is 9.96. The number of aliphatic hydroxyl groups is 1. The number of aliphatic hydroxyl groups excluding tert-OH is 1. The summed E-state index contributed by atoms with van der Waals surface area (Å²) in [5.41, 5.74) is 3.18. The quantitative estimate of drug-likeness (QED) is 0.158. The molecule has 0 aliphatic carbocycles. The fourth-order valence-electron chi connectivity index (χ4n) is 4.46. The van der Waals surface area contributed by atoms with Gasteiger partial charge in [0.2, 0.25) is 0 Å². The van der Waals surface area contributed by atoms with Gasteiger partial charge in [0, 0.05) is 10.7 Å². The first kappa shape index (κ1) is 24.8. The second kappa shape index (κ2) is 9.24. The van der Waals surface area contributed by atoms with E-state index in [9.17, 15) is 19.5 Å². The number of Topliss-reactive ketones (excluding diaryl/α,β-unsaturated/α-hetero) is 1. The molecule has 0 spiro atoms. The fraction of sp³-hybridized carbons (Fsp3) is 0.192. The number of halogens is 1. The number of ketones is 1. The van der Waals surface area contributed by atoms with Crippen LogP contribution in [0, 0.1) is 20.8 Å². The number of aromatic nitrogens is 3. The van der Waals surface area contributed by atoms with Crippen LogP contribution in [0.4, 0.5) is 5.13 Å². The Morgan fingerprint density at radius 1 is 1.14 bits per heavy atom. The highest BCUT2D eigenvalue weighted by Gasteiger charge is 2.49. The third-order valence-corrected chi connectivity index (χ3v) is 7.91. The number of carbonyl (C=O) groups is 3. The number of anilines is 1. The number of carbonyl (C=O) groups excluding carboxylic acids is 3. The van der Waals surface area contributed by atoms with Crippen molar-refractivity contribution in [3.63, 3.8) is 0 Å². The molecule has 0 bridgehead atoms. The number of hydrogen-bond donors (Lipinski definition) is 1. The maximum atomic E-state index is 13.5. The van der Waals surface area contributed by atoms with Crippen LogP contribution in [0.2, 0.25) is 0 Å². The molecule has 4 heterocycles. The number of hydrogen-bond acceptors (Lipinski definition) is 8. The molecule has 9 nitrogen and oxygen atoms in total. The fourth-order valence-corrected chi connectivity index (χ4v) is 5.89. The van der Waals surface area contributed by atoms with E-state index in [1.165, 1.54) is 12.0 Å². The molecule has 5 rings (SSSR count). The van der Waals surface area contributed by atoms with Crippen LogP contribution in [0.25, 0.3) is 11.4 Å². The predicted octanol–water partition coefficient (Wildman–Crippen LogP) is 4.89. The van der Waals surface area contributed by atoms with Gasteiger partial charge in [-0.2, -0.15) is 0 Å². The van der Waals surface area contributed by atoms with Crippen LogP contribution in [-0.2, 0) is 14.3 Å². The molecule has 1 aliphatic heterocycles. The lowest BCUT2D eigenvalue weighted by Crippen LogP contribution is -2.29. The summed E-state index contributed by atoms with van der Waals surface area (Å²) in [6.07, 6.45) is 1.82. The second-order valence-corrected chi connectivity index (χ2v) is 10.5. The van der Waals surface area contributed by atoms with E-state index in [-0.39, 0.29) is 27.0 Å². The molecule has 188 valence electrons. The molecule has 1 unspecified atom stereocenters. The van der Waals surface area contributed by atoms with E-state index in [2.05, 4.69) is 25.9 Å². The average Bonchev–Trinajstić information content (AvgIpc) is 3.51. The van der Waals surface area contributed by atoms with Crippen LogP contribution in [0.1, 0.15) is 43.9 Å². The lowest BCUT2D eigenvalue weighted by molar-refractivity contribution is -0.132. The zero-order valence-corrected chi connectivity index (χ0v) is 22.7. The summed E-state index contributed by atoms with van der Waals surface area (Å²) in [5, 5.41) is 11.7. The van der Waals surface area contributed by atoms with Gasteiger partial charge in [0.25, 0.3) is 5.78 Å². The van der Waals surface area contributed by atoms with Gasteiger partial charge in [-0.1, -0.05) is 45.5 Å². The van der Waals surface area contributed by atoms with Crippen molar-refractivity contribution in [2.45, 2.75) is 26.8 Å². The molecule has 0 radical (unpaired) electrons. The number of pyridine rings is 1. The Labute approximate surface area is 224 Å². The first-order chi connectivity index (χ1) is 17.6. The van der Waals surface area contributed by atoms with Crippen molar-refractivity contribution in [1.82, 2.24) is 14.4 Å². The minimum atomic E-state index is -1.00. The number of fused-ring (bicyclic) bond motifs is 1. The molecule has 1 aromatic carbocycles. The third-order valence-electron chi connectivity index (χ3n) is 6.28. The minimum Gasteiger partial charge on any atom is -0.505 e. The van der Waals surface area contributed by atoms with E-state index in [0.29, 0.717) is 22.6 Å². The van der Waals surface area contributed by atoms with Gasteiger partial charge < -0.3 is 14.2 Å². The lowest BCUT2D eigenvalue weighted by Gasteiger charge is -2.23. The predicted molar refractivity (Wildman–Crippen MR) is 142 cm³/mol. The number of esters is 1. The Kier molecular flexibility index (Phi) is 6.20. The van der Waals surface area contributed by atoms with Crippen molar-refractivity contribution >= 4 is 61.5 Å². The van der Waals surface area contributed by atoms with E-state index < -0.39 is 23.7 Å². The molecule has 1 atom stereocenters. The number of thiazole rings is 1. The summed E-state index contributed by atoms with van der Waals surface area (Å²) in [6, 6.07) is 9.86. The topological polar surface area (TPSA) is 114 Å². The SMILES string of the molecule is COC(=O)c1sc(N2C(=O)C(=O)C(=C(O)c3nc4c(C)cccn4c3C)C2c2cccc(Br)c2)nc1C. The molecule has 1 aliphatic rings. The third kappa shape index (κ3) is 3.94. The molecule has 37 heavy (non-hydrogen) atoms. The van der Waals surface area contributed by atoms with Crippen molar-refractivity contribution in [2.24, 2.45) is 0 Å². The number of amides is 1. The molecular formula is C26H21BrN4O5S. The second-order valence-electron chi connectivity index (χ2n) is 8.56. The monoisotopic (exact) mass is 580 g/mol. The highest BCUT2D eigenvalue weighted by molar-refractivity contribution is 9.10. The maximum absolute atomic E-state index is 13.5. The summed E-state index contributed by atoms with van der Waals surface area (Å²) < 4.78 is 7.38. The number of imidazole rings is 1. The van der Waals surface area contributed by atoms with Gasteiger partial charge >= 0.3 is 11.9 Å². The molecule has 4 aromatic rings. The number of nitrogens with zero attached hydrogens (tertiary/aromatic N) is 4. The standard InChI is InChI=1S/C26H21BrN4O5S/c1-12-7-6-10-30-14(3)18(29-23(12)30)20(32)17-19(15-8-5-9-16(27)11-15)31(24(34)21(17)33)26-28-13(2)22(37-26)25(35)36-4/h5-11,19,32H,1-4H3. The van der Waals surface area contributed by atoms with E-state index in [1.807, 2.05) is 35.7 Å². The van der Waals surface area contributed by atoms with Crippen molar-refractivity contribution in [3.8, 4) is 0 Å². The van der Waals surface area contributed by atoms with E-state index >= 15 is 0 Å². The van der Waals surface area contributed by atoms with Crippen LogP contribution in [0.5, 0.6) is 0 Å². The van der Waals surface area contributed by atoms with Gasteiger partial charge in [-0.15, -0.1) is 0 Å². The Bertz CT molecular complexity index is 1650. The van der Waals surface area contributed by atoms with Gasteiger partial charge in [-0.3, -0.25) is 14.5 Å². The van der Waals surface area contributed by atoms with Crippen LogP contribution in [0.3, 0.4) is 0 Å². The van der Waals surface area contributed by atoms with Gasteiger partial charge in [0.05, 0.1) is 30.1 Å². The summed E-state index contributed by atoms with van der Waals surface area (Å²) >= 11 is 4.40. The largest absolute Gasteiger partial charge is 0.505 e. The zero-order chi connectivity index (χ0) is 26.6. The highest BCUT2D eigenvalue weighted by Crippen LogP contribution is 2.44. The Morgan fingerprint density at radius 2 is 1.89 bits per heavy atom. The minimum absolute atomic E-state index is 0.111. The van der Waals surface area contributed by atoms with Crippen molar-refractivity contribution < 1.29 is 24.2 Å². The van der Waals surface area contributed by atoms with Gasteiger partial charge in [-0.25, -0.2) is 14.8 Å². The number of benzene rings is 1. The molecular weight excluding hydrogens is 560 g/mol. The van der Waals surface area contributed by atoms with Gasteiger partial charge in [0.1, 0.15) is 16.2 Å². The van der Waals surface area contributed by atoms with Gasteiger partial charge in [0.15, 0.2) is 10.9 Å². The highest BCUT2D eigenvalue weighted by atomic mass is 79.9. The molecule has 3 aromatic heterocycles. The summed E-state index contributed by atoms with van der Waals surface area (Å²) in [6.45, 7) is 5.31. The van der Waals surface area contributed by atoms with Gasteiger partial charge in [-0.05, 0) is 50.1 Å². The smallest absolute Gasteiger partial charge is 0.350 e. The number of rotatable bonds is 4. The normalized spacial score (nSPS) is 17.1. The number of aryl methyl sites for hydroxylation is 3. The Morgan fingerprint density at radius 3 is 2.57 bits per heavy atom. The Hall–Kier alpha value is -3.83. The van der Waals surface area contributed by atoms with E-state index in [0.717, 1.165) is 21.4 Å². The molecule has 11 heteroatoms. The molecule has 1 amide bonds. The van der Waals surface area contributed by atoms with Crippen LogP contribution >= 0.6 is 27.3 Å². The number of ether oxygens (including phenoxy) is 1. The maximum Gasteiger partial charge on any atom is 0.350 e. The molecule has 1 fully saturated rings. The summed E-state index contributed by atoms with van der Waals surface area (Å²) in [5.74, 6) is -2.71. The van der Waals surface area contributed by atoms with E-state index in [4.69, 9.17) is 4.74 Å². The van der Waals surface area contributed by atoms with Crippen LogP contribution in [0.15, 0.2) is 52.6 Å². The van der Waals surface area contributed by atoms with Crippen molar-refractivity contribution in [2.75, 3.05) is 12.0 Å².